The molecular weight excluding hydrogens is 198 g/mol. The first kappa shape index (κ1) is 11.0. The first-order valence-electron chi connectivity index (χ1n) is 7.01. The quantitative estimate of drug-likeness (QED) is 0.794. The molecule has 2 saturated carbocycles. The third-order valence-corrected chi connectivity index (χ3v) is 4.93. The summed E-state index contributed by atoms with van der Waals surface area (Å²) in [6.07, 6.45) is 9.28. The molecule has 3 fully saturated rings. The van der Waals surface area contributed by atoms with Crippen LogP contribution in [0.3, 0.4) is 0 Å². The maximum atomic E-state index is 5.98. The molecule has 2 aliphatic carbocycles. The molecule has 2 nitrogen and oxygen atoms in total. The molecule has 0 radical (unpaired) electrons. The molecule has 1 spiro atoms. The van der Waals surface area contributed by atoms with Crippen LogP contribution in [0.15, 0.2) is 0 Å². The molecule has 0 aromatic heterocycles. The Morgan fingerprint density at radius 1 is 1.19 bits per heavy atom. The fourth-order valence-corrected chi connectivity index (χ4v) is 3.52. The van der Waals surface area contributed by atoms with Gasteiger partial charge in [0.2, 0.25) is 0 Å². The molecule has 92 valence electrons. The smallest absolute Gasteiger partial charge is 0.0697 e. The molecule has 0 bridgehead atoms. The average Bonchev–Trinajstić information content (AvgIpc) is 2.98. The molecule has 16 heavy (non-hydrogen) atoms. The summed E-state index contributed by atoms with van der Waals surface area (Å²) in [5.41, 5.74) is 0.641. The van der Waals surface area contributed by atoms with Gasteiger partial charge in [-0.1, -0.05) is 0 Å². The second kappa shape index (κ2) is 3.71. The van der Waals surface area contributed by atoms with E-state index in [1.165, 1.54) is 44.9 Å². The molecule has 1 unspecified atom stereocenters. The van der Waals surface area contributed by atoms with E-state index in [2.05, 4.69) is 19.2 Å². The highest BCUT2D eigenvalue weighted by Gasteiger charge is 2.45. The SMILES string of the molecule is CC(C)(NC1CCOC2(CCC2)C1)C1CC1. The highest BCUT2D eigenvalue weighted by Crippen LogP contribution is 2.44. The Morgan fingerprint density at radius 2 is 1.94 bits per heavy atom. The van der Waals surface area contributed by atoms with Gasteiger partial charge in [-0.25, -0.2) is 0 Å². The number of nitrogens with one attached hydrogen (secondary N) is 1. The van der Waals surface area contributed by atoms with E-state index >= 15 is 0 Å². The van der Waals surface area contributed by atoms with Gasteiger partial charge in [0, 0.05) is 18.2 Å². The Morgan fingerprint density at radius 3 is 2.50 bits per heavy atom. The van der Waals surface area contributed by atoms with Crippen molar-refractivity contribution in [1.29, 1.82) is 0 Å². The van der Waals surface area contributed by atoms with Crippen LogP contribution < -0.4 is 5.32 Å². The topological polar surface area (TPSA) is 21.3 Å². The molecule has 1 N–H and O–H groups in total. The lowest BCUT2D eigenvalue weighted by molar-refractivity contribution is -0.137. The lowest BCUT2D eigenvalue weighted by Crippen LogP contribution is -2.56. The largest absolute Gasteiger partial charge is 0.375 e. The van der Waals surface area contributed by atoms with Gasteiger partial charge in [0.1, 0.15) is 0 Å². The molecule has 0 amide bonds. The standard InChI is InChI=1S/C14H25NO/c1-13(2,11-4-5-11)15-12-6-9-16-14(10-12)7-3-8-14/h11-12,15H,3-10H2,1-2H3. The van der Waals surface area contributed by atoms with Gasteiger partial charge in [0.25, 0.3) is 0 Å². The molecule has 1 heterocycles. The summed E-state index contributed by atoms with van der Waals surface area (Å²) < 4.78 is 5.98. The Kier molecular flexibility index (Phi) is 2.56. The second-order valence-electron chi connectivity index (χ2n) is 6.72. The highest BCUT2D eigenvalue weighted by molar-refractivity contribution is 5.01. The van der Waals surface area contributed by atoms with Crippen molar-refractivity contribution in [2.45, 2.75) is 76.0 Å². The van der Waals surface area contributed by atoms with Crippen LogP contribution >= 0.6 is 0 Å². The molecule has 0 aromatic carbocycles. The van der Waals surface area contributed by atoms with Gasteiger partial charge >= 0.3 is 0 Å². The Hall–Kier alpha value is -0.0800. The normalized spacial score (nSPS) is 33.8. The first-order chi connectivity index (χ1) is 7.60. The van der Waals surface area contributed by atoms with Crippen LogP contribution in [0.5, 0.6) is 0 Å². The predicted molar refractivity (Wildman–Crippen MR) is 65.5 cm³/mol. The minimum atomic E-state index is 0.287. The van der Waals surface area contributed by atoms with Gasteiger partial charge in [-0.2, -0.15) is 0 Å². The highest BCUT2D eigenvalue weighted by atomic mass is 16.5. The van der Waals surface area contributed by atoms with Crippen molar-refractivity contribution in [3.63, 3.8) is 0 Å². The Balaban J connectivity index is 1.58. The maximum Gasteiger partial charge on any atom is 0.0697 e. The molecule has 2 heteroatoms. The second-order valence-corrected chi connectivity index (χ2v) is 6.72. The van der Waals surface area contributed by atoms with Crippen molar-refractivity contribution in [3.8, 4) is 0 Å². The van der Waals surface area contributed by atoms with Crippen LogP contribution in [0.25, 0.3) is 0 Å². The van der Waals surface area contributed by atoms with E-state index in [4.69, 9.17) is 4.74 Å². The van der Waals surface area contributed by atoms with E-state index in [1.807, 2.05) is 0 Å². The molecule has 3 aliphatic rings. The van der Waals surface area contributed by atoms with Crippen LogP contribution in [-0.2, 0) is 4.74 Å². The summed E-state index contributed by atoms with van der Waals surface area (Å²) in [7, 11) is 0. The van der Waals surface area contributed by atoms with Crippen molar-refractivity contribution in [2.75, 3.05) is 6.61 Å². The summed E-state index contributed by atoms with van der Waals surface area (Å²) >= 11 is 0. The number of rotatable bonds is 3. The average molecular weight is 223 g/mol. The van der Waals surface area contributed by atoms with Crippen LogP contribution in [0.4, 0.5) is 0 Å². The summed E-state index contributed by atoms with van der Waals surface area (Å²) in [6.45, 7) is 5.74. The third-order valence-electron chi connectivity index (χ3n) is 4.93. The summed E-state index contributed by atoms with van der Waals surface area (Å²) in [6, 6.07) is 0.699. The van der Waals surface area contributed by atoms with Gasteiger partial charge in [0.15, 0.2) is 0 Å². The van der Waals surface area contributed by atoms with Crippen LogP contribution in [-0.4, -0.2) is 23.8 Å². The minimum absolute atomic E-state index is 0.287. The first-order valence-corrected chi connectivity index (χ1v) is 7.01. The summed E-state index contributed by atoms with van der Waals surface area (Å²) in [5, 5.41) is 3.90. The lowest BCUT2D eigenvalue weighted by Gasteiger charge is -2.48. The molecule has 3 rings (SSSR count). The monoisotopic (exact) mass is 223 g/mol. The lowest BCUT2D eigenvalue weighted by atomic mass is 9.73. The van der Waals surface area contributed by atoms with E-state index in [0.29, 0.717) is 11.6 Å². The van der Waals surface area contributed by atoms with E-state index in [9.17, 15) is 0 Å². The van der Waals surface area contributed by atoms with E-state index < -0.39 is 0 Å². The third kappa shape index (κ3) is 2.02. The van der Waals surface area contributed by atoms with Crippen molar-refractivity contribution in [2.24, 2.45) is 5.92 Å². The zero-order chi connectivity index (χ0) is 11.2. The van der Waals surface area contributed by atoms with Crippen LogP contribution in [0.1, 0.15) is 58.8 Å². The summed E-state index contributed by atoms with van der Waals surface area (Å²) in [4.78, 5) is 0. The molecule has 1 aliphatic heterocycles. The fraction of sp³-hybridized carbons (Fsp3) is 1.00. The Bertz CT molecular complexity index is 266. The number of hydrogen-bond acceptors (Lipinski definition) is 2. The predicted octanol–water partition coefficient (Wildman–Crippen LogP) is 2.87. The zero-order valence-electron chi connectivity index (χ0n) is 10.7. The van der Waals surface area contributed by atoms with Gasteiger partial charge in [-0.15, -0.1) is 0 Å². The number of hydrogen-bond donors (Lipinski definition) is 1. The summed E-state index contributed by atoms with van der Waals surface area (Å²) in [5.74, 6) is 0.924. The van der Waals surface area contributed by atoms with Gasteiger partial charge < -0.3 is 10.1 Å². The van der Waals surface area contributed by atoms with Crippen molar-refractivity contribution < 1.29 is 4.74 Å². The number of ether oxygens (including phenoxy) is 1. The van der Waals surface area contributed by atoms with Gasteiger partial charge in [-0.3, -0.25) is 0 Å². The van der Waals surface area contributed by atoms with Gasteiger partial charge in [-0.05, 0) is 64.7 Å². The Labute approximate surface area is 99.1 Å². The van der Waals surface area contributed by atoms with E-state index in [0.717, 1.165) is 12.5 Å². The van der Waals surface area contributed by atoms with Crippen molar-refractivity contribution in [1.82, 2.24) is 5.32 Å². The molecular formula is C14H25NO. The van der Waals surface area contributed by atoms with Crippen molar-refractivity contribution >= 4 is 0 Å². The molecule has 0 aromatic rings. The van der Waals surface area contributed by atoms with E-state index in [1.54, 1.807) is 0 Å². The van der Waals surface area contributed by atoms with Crippen LogP contribution in [0, 0.1) is 5.92 Å². The fourth-order valence-electron chi connectivity index (χ4n) is 3.52. The van der Waals surface area contributed by atoms with Crippen LogP contribution in [0.2, 0.25) is 0 Å². The van der Waals surface area contributed by atoms with E-state index in [-0.39, 0.29) is 5.60 Å². The molecule has 1 saturated heterocycles. The minimum Gasteiger partial charge on any atom is -0.375 e. The maximum absolute atomic E-state index is 5.98. The zero-order valence-corrected chi connectivity index (χ0v) is 10.7. The van der Waals surface area contributed by atoms with Gasteiger partial charge in [0.05, 0.1) is 5.60 Å². The molecule has 1 atom stereocenters. The van der Waals surface area contributed by atoms with Crippen molar-refractivity contribution in [3.05, 3.63) is 0 Å².